The maximum absolute atomic E-state index is 14.1. The first-order chi connectivity index (χ1) is 33.4. The molecule has 2 aromatic carbocycles. The van der Waals surface area contributed by atoms with Crippen molar-refractivity contribution in [2.24, 2.45) is 5.41 Å². The number of anilines is 2. The summed E-state index contributed by atoms with van der Waals surface area (Å²) in [6.07, 6.45) is 11.7. The highest BCUT2D eigenvalue weighted by Crippen LogP contribution is 2.54. The molecule has 0 radical (unpaired) electrons. The Hall–Kier alpha value is -5.86. The van der Waals surface area contributed by atoms with Crippen molar-refractivity contribution in [3.05, 3.63) is 100 Å². The average Bonchev–Trinajstić information content (AvgIpc) is 4.00. The molecule has 1 amide bonds. The molecule has 11 rings (SSSR count). The van der Waals surface area contributed by atoms with Gasteiger partial charge in [-0.15, -0.1) is 0 Å². The third kappa shape index (κ3) is 9.10. The first kappa shape index (κ1) is 45.6. The lowest BCUT2D eigenvalue weighted by molar-refractivity contribution is -0.384. The topological polar surface area (TPSA) is 201 Å². The Morgan fingerprint density at radius 2 is 1.77 bits per heavy atom. The van der Waals surface area contributed by atoms with Gasteiger partial charge >= 0.3 is 0 Å². The number of amides is 1. The number of aromatic amines is 1. The number of H-pyrrole nitrogens is 1. The SMILES string of the molecule is CC(C)c1ccccc1[C@@H]1CCCN1C1CC2(CCN(c3cnc(C(=O)NS(=O)(=O)c4cc5c(c([N+](=O)[O-])c4)N[C@@H](CN4CCN(C6COC6)CC4)CO5)c(Oc4cnc5[nH]ccc5c4)c3)CC2)C1. The van der Waals surface area contributed by atoms with E-state index in [9.17, 15) is 23.3 Å². The average molecular weight is 961 g/mol. The summed E-state index contributed by atoms with van der Waals surface area (Å²) in [5.74, 6) is -0.204. The number of pyridine rings is 2. The number of fused-ring (bicyclic) bond motifs is 2. The molecule has 0 bridgehead atoms. The fourth-order valence-corrected chi connectivity index (χ4v) is 12.6. The van der Waals surface area contributed by atoms with Crippen LogP contribution in [0.1, 0.15) is 85.9 Å². The first-order valence-corrected chi connectivity index (χ1v) is 25.9. The summed E-state index contributed by atoms with van der Waals surface area (Å²) in [5.41, 5.74) is 3.96. The van der Waals surface area contributed by atoms with Crippen LogP contribution in [-0.4, -0.2) is 139 Å². The molecule has 3 aromatic heterocycles. The third-order valence-electron chi connectivity index (χ3n) is 15.5. The van der Waals surface area contributed by atoms with Crippen LogP contribution < -0.4 is 24.4 Å². The number of nitro groups is 1. The number of aromatic nitrogens is 3. The summed E-state index contributed by atoms with van der Waals surface area (Å²) >= 11 is 0. The molecule has 3 N–H and O–H groups in total. The van der Waals surface area contributed by atoms with E-state index < -0.39 is 31.4 Å². The monoisotopic (exact) mass is 960 g/mol. The van der Waals surface area contributed by atoms with Gasteiger partial charge in [0.1, 0.15) is 18.0 Å². The summed E-state index contributed by atoms with van der Waals surface area (Å²) in [4.78, 5) is 47.2. The Kier molecular flexibility index (Phi) is 12.2. The number of likely N-dealkylation sites (tertiary alicyclic amines) is 1. The van der Waals surface area contributed by atoms with Crippen LogP contribution in [0.3, 0.4) is 0 Å². The number of ether oxygens (including phenoxy) is 3. The molecule has 6 aliphatic rings. The highest BCUT2D eigenvalue weighted by atomic mass is 32.2. The molecule has 69 heavy (non-hydrogen) atoms. The molecule has 1 spiro atoms. The van der Waals surface area contributed by atoms with E-state index in [1.165, 1.54) is 49.1 Å². The number of carbonyl (C=O) groups excluding carboxylic acids is 1. The van der Waals surface area contributed by atoms with Gasteiger partial charge < -0.3 is 29.4 Å². The zero-order valence-corrected chi connectivity index (χ0v) is 40.0. The highest BCUT2D eigenvalue weighted by molar-refractivity contribution is 7.90. The van der Waals surface area contributed by atoms with Crippen molar-refractivity contribution < 1.29 is 32.3 Å². The van der Waals surface area contributed by atoms with Crippen molar-refractivity contribution in [2.75, 3.05) is 82.4 Å². The van der Waals surface area contributed by atoms with E-state index >= 15 is 0 Å². The molecule has 2 atom stereocenters. The van der Waals surface area contributed by atoms with E-state index in [0.29, 0.717) is 42.0 Å². The van der Waals surface area contributed by atoms with Gasteiger partial charge in [0.2, 0.25) is 0 Å². The van der Waals surface area contributed by atoms with E-state index in [4.69, 9.17) is 14.2 Å². The summed E-state index contributed by atoms with van der Waals surface area (Å²) in [7, 11) is -4.69. The maximum atomic E-state index is 14.1. The second-order valence-electron chi connectivity index (χ2n) is 20.1. The fourth-order valence-electron chi connectivity index (χ4n) is 11.6. The number of carbonyl (C=O) groups is 1. The normalized spacial score (nSPS) is 22.4. The molecular formula is C50H60N10O8S. The van der Waals surface area contributed by atoms with Gasteiger partial charge in [-0.25, -0.2) is 23.1 Å². The predicted octanol–water partition coefficient (Wildman–Crippen LogP) is 6.68. The number of piperazine rings is 1. The Morgan fingerprint density at radius 1 is 0.971 bits per heavy atom. The molecule has 0 unspecified atom stereocenters. The quantitative estimate of drug-likeness (QED) is 0.0834. The Labute approximate surface area is 401 Å². The van der Waals surface area contributed by atoms with E-state index in [1.54, 1.807) is 24.5 Å². The zero-order chi connectivity index (χ0) is 47.4. The standard InChI is InChI=1S/C50H60N10O8S/c1-32(2)40-6-3-4-7-41(40)42-8-5-13-59(42)36-24-50(25-36)10-14-57(15-11-50)35-21-45(68-38-20-33-9-12-51-48(33)53-27-38)47(52-26-35)49(61)55-69(64,65)39-22-43(60(62)63)46-44(23-39)67-29-34(54-46)28-56-16-18-58(19-17-56)37-30-66-31-37/h3-4,6-7,9,12,20-23,26-27,32,34,36-37,42,54H,5,8,10-11,13-19,24-25,28-31H2,1-2H3,(H,51,53)(H,55,61)/t34-,42-/m0/s1. The van der Waals surface area contributed by atoms with Crippen molar-refractivity contribution in [1.82, 2.24) is 34.4 Å². The summed E-state index contributed by atoms with van der Waals surface area (Å²) < 4.78 is 47.8. The number of rotatable bonds is 13. The molecule has 8 heterocycles. The van der Waals surface area contributed by atoms with Gasteiger partial charge in [-0.2, -0.15) is 0 Å². The van der Waals surface area contributed by atoms with Crippen molar-refractivity contribution in [2.45, 2.75) is 87.4 Å². The maximum Gasteiger partial charge on any atom is 0.297 e. The second kappa shape index (κ2) is 18.5. The number of piperidine rings is 1. The molecular weight excluding hydrogens is 901 g/mol. The van der Waals surface area contributed by atoms with Crippen LogP contribution in [-0.2, 0) is 14.8 Å². The molecule has 4 saturated heterocycles. The van der Waals surface area contributed by atoms with Gasteiger partial charge in [-0.3, -0.25) is 29.6 Å². The minimum absolute atomic E-state index is 0.00983. The van der Waals surface area contributed by atoms with Crippen LogP contribution in [0.2, 0.25) is 0 Å². The van der Waals surface area contributed by atoms with Gasteiger partial charge in [0.15, 0.2) is 22.9 Å². The van der Waals surface area contributed by atoms with Crippen molar-refractivity contribution in [1.29, 1.82) is 0 Å². The van der Waals surface area contributed by atoms with Gasteiger partial charge in [0, 0.05) is 87.7 Å². The molecule has 5 aromatic rings. The lowest BCUT2D eigenvalue weighted by Gasteiger charge is -2.56. The molecule has 1 saturated carbocycles. The van der Waals surface area contributed by atoms with Crippen molar-refractivity contribution >= 4 is 44.0 Å². The van der Waals surface area contributed by atoms with E-state index in [1.807, 2.05) is 6.07 Å². The fraction of sp³-hybridized carbons (Fsp3) is 0.500. The number of benzene rings is 2. The Morgan fingerprint density at radius 3 is 2.52 bits per heavy atom. The van der Waals surface area contributed by atoms with E-state index in [2.05, 4.69) is 82.7 Å². The van der Waals surface area contributed by atoms with E-state index in [-0.39, 0.29) is 40.9 Å². The lowest BCUT2D eigenvalue weighted by atomic mass is 9.59. The Bertz CT molecular complexity index is 2850. The lowest BCUT2D eigenvalue weighted by Crippen LogP contribution is -2.58. The van der Waals surface area contributed by atoms with Crippen LogP contribution in [0.25, 0.3) is 11.0 Å². The highest BCUT2D eigenvalue weighted by Gasteiger charge is 2.50. The number of sulfonamides is 1. The number of hydrogen-bond donors (Lipinski definition) is 3. The van der Waals surface area contributed by atoms with Crippen LogP contribution in [0, 0.1) is 15.5 Å². The van der Waals surface area contributed by atoms with Gasteiger partial charge in [0.25, 0.3) is 21.6 Å². The van der Waals surface area contributed by atoms with Crippen LogP contribution in [0.15, 0.2) is 78.1 Å². The third-order valence-corrected chi connectivity index (χ3v) is 16.8. The molecule has 364 valence electrons. The summed E-state index contributed by atoms with van der Waals surface area (Å²) in [6, 6.07) is 17.7. The molecule has 5 fully saturated rings. The minimum Gasteiger partial charge on any atom is -0.489 e. The van der Waals surface area contributed by atoms with E-state index in [0.717, 1.165) is 89.0 Å². The summed E-state index contributed by atoms with van der Waals surface area (Å²) in [6.45, 7) is 13.1. The minimum atomic E-state index is -4.69. The van der Waals surface area contributed by atoms with Gasteiger partial charge in [-0.1, -0.05) is 38.1 Å². The number of nitrogens with zero attached hydrogens (tertiary/aromatic N) is 7. The van der Waals surface area contributed by atoms with Crippen LogP contribution in [0.4, 0.5) is 17.1 Å². The second-order valence-corrected chi connectivity index (χ2v) is 21.8. The number of hydrogen-bond acceptors (Lipinski definition) is 15. The number of nitrogens with one attached hydrogen (secondary N) is 3. The Balaban J connectivity index is 0.780. The van der Waals surface area contributed by atoms with Crippen molar-refractivity contribution in [3.8, 4) is 17.2 Å². The number of nitro benzene ring substituents is 1. The molecule has 18 nitrogen and oxygen atoms in total. The smallest absolute Gasteiger partial charge is 0.297 e. The van der Waals surface area contributed by atoms with Crippen LogP contribution in [0.5, 0.6) is 17.2 Å². The zero-order valence-electron chi connectivity index (χ0n) is 39.1. The van der Waals surface area contributed by atoms with Gasteiger partial charge in [-0.05, 0) is 79.7 Å². The largest absolute Gasteiger partial charge is 0.489 e. The molecule has 1 aliphatic carbocycles. The molecule has 19 heteroatoms. The first-order valence-electron chi connectivity index (χ1n) is 24.4. The van der Waals surface area contributed by atoms with Crippen molar-refractivity contribution in [3.63, 3.8) is 0 Å². The van der Waals surface area contributed by atoms with Crippen LogP contribution >= 0.6 is 0 Å². The predicted molar refractivity (Wildman–Crippen MR) is 260 cm³/mol. The summed E-state index contributed by atoms with van der Waals surface area (Å²) in [5, 5.41) is 16.5. The van der Waals surface area contributed by atoms with Gasteiger partial charge in [0.05, 0.1) is 53.2 Å². The molecule has 5 aliphatic heterocycles.